The fourth-order valence-electron chi connectivity index (χ4n) is 2.75. The van der Waals surface area contributed by atoms with E-state index in [0.29, 0.717) is 18.0 Å². The lowest BCUT2D eigenvalue weighted by molar-refractivity contribution is -0.131. The maximum absolute atomic E-state index is 11.9. The lowest BCUT2D eigenvalue weighted by Gasteiger charge is -2.09. The summed E-state index contributed by atoms with van der Waals surface area (Å²) in [6, 6.07) is 7.18. The van der Waals surface area contributed by atoms with Crippen molar-refractivity contribution in [1.29, 1.82) is 0 Å². The van der Waals surface area contributed by atoms with Gasteiger partial charge in [-0.3, -0.25) is 4.79 Å². The van der Waals surface area contributed by atoms with Crippen molar-refractivity contribution in [2.45, 2.75) is 38.5 Å². The third kappa shape index (κ3) is 5.42. The predicted octanol–water partition coefficient (Wildman–Crippen LogP) is 3.69. The van der Waals surface area contributed by atoms with Crippen LogP contribution in [0.15, 0.2) is 30.3 Å². The number of anilines is 1. The molecule has 2 N–H and O–H groups in total. The van der Waals surface area contributed by atoms with E-state index in [1.165, 1.54) is 31.8 Å². The van der Waals surface area contributed by atoms with Crippen molar-refractivity contribution < 1.29 is 14.7 Å². The second-order valence-electron chi connectivity index (χ2n) is 5.53. The van der Waals surface area contributed by atoms with Gasteiger partial charge < -0.3 is 10.4 Å². The van der Waals surface area contributed by atoms with Crippen molar-refractivity contribution in [3.8, 4) is 0 Å². The molecule has 0 aliphatic heterocycles. The van der Waals surface area contributed by atoms with Gasteiger partial charge in [-0.05, 0) is 36.1 Å². The molecule has 1 amide bonds. The molecule has 1 fully saturated rings. The van der Waals surface area contributed by atoms with Gasteiger partial charge in [0.25, 0.3) is 0 Å². The summed E-state index contributed by atoms with van der Waals surface area (Å²) in [7, 11) is 0. The van der Waals surface area contributed by atoms with Gasteiger partial charge in [0, 0.05) is 18.2 Å². The van der Waals surface area contributed by atoms with Gasteiger partial charge in [-0.15, -0.1) is 0 Å². The van der Waals surface area contributed by atoms with Crippen LogP contribution in [0, 0.1) is 5.92 Å². The highest BCUT2D eigenvalue weighted by Gasteiger charge is 2.16. The third-order valence-corrected chi connectivity index (χ3v) is 3.84. The number of amides is 1. The minimum absolute atomic E-state index is 0.0289. The smallest absolute Gasteiger partial charge is 0.328 e. The largest absolute Gasteiger partial charge is 0.478 e. The number of carboxylic acids is 1. The molecule has 4 nitrogen and oxygen atoms in total. The summed E-state index contributed by atoms with van der Waals surface area (Å²) < 4.78 is 0. The average molecular weight is 287 g/mol. The topological polar surface area (TPSA) is 66.4 Å². The first-order chi connectivity index (χ1) is 10.1. The van der Waals surface area contributed by atoms with E-state index >= 15 is 0 Å². The van der Waals surface area contributed by atoms with Crippen molar-refractivity contribution in [3.63, 3.8) is 0 Å². The molecular weight excluding hydrogens is 266 g/mol. The third-order valence-electron chi connectivity index (χ3n) is 3.84. The first kappa shape index (κ1) is 15.3. The highest BCUT2D eigenvalue weighted by Crippen LogP contribution is 2.28. The Labute approximate surface area is 124 Å². The van der Waals surface area contributed by atoms with Gasteiger partial charge in [0.1, 0.15) is 0 Å². The molecule has 0 atom stereocenters. The van der Waals surface area contributed by atoms with E-state index in [1.807, 2.05) is 6.07 Å². The van der Waals surface area contributed by atoms with E-state index in [2.05, 4.69) is 5.32 Å². The molecule has 0 saturated heterocycles. The summed E-state index contributed by atoms with van der Waals surface area (Å²) in [5, 5.41) is 11.5. The Morgan fingerprint density at radius 1 is 1.29 bits per heavy atom. The van der Waals surface area contributed by atoms with Crippen molar-refractivity contribution >= 4 is 23.6 Å². The Hall–Kier alpha value is -2.10. The number of rotatable bonds is 6. The predicted molar refractivity (Wildman–Crippen MR) is 82.9 cm³/mol. The minimum atomic E-state index is -0.985. The van der Waals surface area contributed by atoms with Gasteiger partial charge >= 0.3 is 5.97 Å². The van der Waals surface area contributed by atoms with Crippen LogP contribution < -0.4 is 5.32 Å². The maximum atomic E-state index is 11.9. The van der Waals surface area contributed by atoms with Crippen LogP contribution in [-0.2, 0) is 9.59 Å². The summed E-state index contributed by atoms with van der Waals surface area (Å²) in [5.41, 5.74) is 1.46. The van der Waals surface area contributed by atoms with Crippen LogP contribution in [0.25, 0.3) is 6.08 Å². The molecule has 0 radical (unpaired) electrons. The Balaban J connectivity index is 1.85. The van der Waals surface area contributed by atoms with Gasteiger partial charge in [0.05, 0.1) is 0 Å². The number of carbonyl (C=O) groups excluding carboxylic acids is 1. The SMILES string of the molecule is O=C(O)/C=C/c1cccc(NC(=O)CCC2CCCC2)c1. The number of benzene rings is 1. The lowest BCUT2D eigenvalue weighted by Crippen LogP contribution is -2.12. The van der Waals surface area contributed by atoms with Crippen LogP contribution in [0.2, 0.25) is 0 Å². The average Bonchev–Trinajstić information content (AvgIpc) is 2.97. The number of aliphatic carboxylic acids is 1. The van der Waals surface area contributed by atoms with E-state index < -0.39 is 5.97 Å². The van der Waals surface area contributed by atoms with Crippen LogP contribution >= 0.6 is 0 Å². The molecule has 1 aromatic carbocycles. The van der Waals surface area contributed by atoms with E-state index in [9.17, 15) is 9.59 Å². The quantitative estimate of drug-likeness (QED) is 0.784. The minimum Gasteiger partial charge on any atom is -0.478 e. The molecule has 21 heavy (non-hydrogen) atoms. The van der Waals surface area contributed by atoms with Crippen LogP contribution in [0.1, 0.15) is 44.1 Å². The summed E-state index contributed by atoms with van der Waals surface area (Å²) >= 11 is 0. The van der Waals surface area contributed by atoms with Crippen LogP contribution in [0.4, 0.5) is 5.69 Å². The molecule has 1 saturated carbocycles. The number of nitrogens with one attached hydrogen (secondary N) is 1. The second-order valence-corrected chi connectivity index (χ2v) is 5.53. The molecule has 0 unspecified atom stereocenters. The maximum Gasteiger partial charge on any atom is 0.328 e. The first-order valence-electron chi connectivity index (χ1n) is 7.44. The molecule has 0 spiro atoms. The number of hydrogen-bond acceptors (Lipinski definition) is 2. The molecule has 4 heteroatoms. The molecule has 0 aromatic heterocycles. The van der Waals surface area contributed by atoms with E-state index in [4.69, 9.17) is 5.11 Å². The molecule has 112 valence electrons. The van der Waals surface area contributed by atoms with Gasteiger partial charge in [-0.25, -0.2) is 4.79 Å². The van der Waals surface area contributed by atoms with Crippen LogP contribution in [0.5, 0.6) is 0 Å². The standard InChI is InChI=1S/C17H21NO3/c19-16(10-8-13-4-1-2-5-13)18-15-7-3-6-14(12-15)9-11-17(20)21/h3,6-7,9,11-13H,1-2,4-5,8,10H2,(H,18,19)(H,20,21)/b11-9+. The monoisotopic (exact) mass is 287 g/mol. The second kappa shape index (κ2) is 7.62. The Bertz CT molecular complexity index is 531. The zero-order valence-corrected chi connectivity index (χ0v) is 12.0. The van der Waals surface area contributed by atoms with E-state index in [1.54, 1.807) is 18.2 Å². The number of carboxylic acid groups (broad SMARTS) is 1. The molecular formula is C17H21NO3. The number of hydrogen-bond donors (Lipinski definition) is 2. The van der Waals surface area contributed by atoms with Gasteiger partial charge in [0.15, 0.2) is 0 Å². The summed E-state index contributed by atoms with van der Waals surface area (Å²) in [6.07, 6.45) is 9.21. The highest BCUT2D eigenvalue weighted by molar-refractivity contribution is 5.91. The molecule has 0 heterocycles. The van der Waals surface area contributed by atoms with Gasteiger partial charge in [-0.1, -0.05) is 37.8 Å². The molecule has 1 aliphatic rings. The first-order valence-corrected chi connectivity index (χ1v) is 7.44. The number of carbonyl (C=O) groups is 2. The van der Waals surface area contributed by atoms with Crippen molar-refractivity contribution in [2.24, 2.45) is 5.92 Å². The Morgan fingerprint density at radius 2 is 2.05 bits per heavy atom. The normalized spacial score (nSPS) is 15.4. The van der Waals surface area contributed by atoms with Crippen molar-refractivity contribution in [2.75, 3.05) is 5.32 Å². The van der Waals surface area contributed by atoms with E-state index in [0.717, 1.165) is 18.1 Å². The van der Waals surface area contributed by atoms with Crippen molar-refractivity contribution in [3.05, 3.63) is 35.9 Å². The molecule has 0 bridgehead atoms. The Morgan fingerprint density at radius 3 is 2.76 bits per heavy atom. The lowest BCUT2D eigenvalue weighted by atomic mass is 10.0. The van der Waals surface area contributed by atoms with Crippen LogP contribution in [0.3, 0.4) is 0 Å². The molecule has 2 rings (SSSR count). The van der Waals surface area contributed by atoms with Crippen molar-refractivity contribution in [1.82, 2.24) is 0 Å². The fourth-order valence-corrected chi connectivity index (χ4v) is 2.75. The highest BCUT2D eigenvalue weighted by atomic mass is 16.4. The zero-order chi connectivity index (χ0) is 15.1. The van der Waals surface area contributed by atoms with Crippen LogP contribution in [-0.4, -0.2) is 17.0 Å². The fraction of sp³-hybridized carbons (Fsp3) is 0.412. The van der Waals surface area contributed by atoms with Gasteiger partial charge in [-0.2, -0.15) is 0 Å². The van der Waals surface area contributed by atoms with Gasteiger partial charge in [0.2, 0.25) is 5.91 Å². The zero-order valence-electron chi connectivity index (χ0n) is 12.0. The summed E-state index contributed by atoms with van der Waals surface area (Å²) in [6.45, 7) is 0. The summed E-state index contributed by atoms with van der Waals surface area (Å²) in [4.78, 5) is 22.4. The Kier molecular flexibility index (Phi) is 5.55. The molecule has 1 aromatic rings. The molecule has 1 aliphatic carbocycles. The van der Waals surface area contributed by atoms with E-state index in [-0.39, 0.29) is 5.91 Å². The summed E-state index contributed by atoms with van der Waals surface area (Å²) in [5.74, 6) is -0.247.